The summed E-state index contributed by atoms with van der Waals surface area (Å²) in [6.07, 6.45) is -0.783. The third-order valence-electron chi connectivity index (χ3n) is 3.53. The van der Waals surface area contributed by atoms with Crippen LogP contribution in [0.5, 0.6) is 23.0 Å². The number of para-hydroxylation sites is 4. The number of benzene rings is 2. The third kappa shape index (κ3) is 5.85. The van der Waals surface area contributed by atoms with Gasteiger partial charge in [0.25, 0.3) is 0 Å². The van der Waals surface area contributed by atoms with Crippen LogP contribution in [0.3, 0.4) is 0 Å². The minimum absolute atomic E-state index is 0.241. The Bertz CT molecular complexity index is 594. The molecule has 0 spiro atoms. The lowest BCUT2D eigenvalue weighted by molar-refractivity contribution is -0.0255. The average molecular weight is 347 g/mol. The molecule has 0 aromatic heterocycles. The largest absolute Gasteiger partial charge is 0.493 e. The van der Waals surface area contributed by atoms with Gasteiger partial charge in [0.05, 0.1) is 14.2 Å². The lowest BCUT2D eigenvalue weighted by Crippen LogP contribution is -2.34. The molecule has 0 amide bonds. The van der Waals surface area contributed by atoms with E-state index in [4.69, 9.17) is 18.9 Å². The van der Waals surface area contributed by atoms with Gasteiger partial charge in [0.2, 0.25) is 0 Å². The zero-order valence-electron chi connectivity index (χ0n) is 14.8. The molecule has 0 bridgehead atoms. The van der Waals surface area contributed by atoms with Gasteiger partial charge >= 0.3 is 0 Å². The van der Waals surface area contributed by atoms with Crippen molar-refractivity contribution >= 4 is 0 Å². The highest BCUT2D eigenvalue weighted by Gasteiger charge is 2.12. The first-order valence-electron chi connectivity index (χ1n) is 8.15. The van der Waals surface area contributed by atoms with Crippen LogP contribution in [0.4, 0.5) is 0 Å². The van der Waals surface area contributed by atoms with Gasteiger partial charge in [-0.2, -0.15) is 0 Å². The van der Waals surface area contributed by atoms with E-state index in [-0.39, 0.29) is 6.23 Å². The Labute approximate surface area is 148 Å². The first-order chi connectivity index (χ1) is 12.1. The fourth-order valence-electron chi connectivity index (χ4n) is 2.28. The van der Waals surface area contributed by atoms with Crippen LogP contribution >= 0.6 is 0 Å². The normalized spacial score (nSPS) is 13.0. The van der Waals surface area contributed by atoms with Gasteiger partial charge in [0.15, 0.2) is 29.3 Å². The summed E-state index contributed by atoms with van der Waals surface area (Å²) in [5, 5.41) is 13.2. The number of rotatable bonds is 10. The molecular formula is C19H25NO5. The zero-order chi connectivity index (χ0) is 18.1. The lowest BCUT2D eigenvalue weighted by Gasteiger charge is -2.19. The maximum Gasteiger partial charge on any atom is 0.198 e. The van der Waals surface area contributed by atoms with E-state index in [0.29, 0.717) is 36.0 Å². The summed E-state index contributed by atoms with van der Waals surface area (Å²) in [5.41, 5.74) is 0. The van der Waals surface area contributed by atoms with Crippen molar-refractivity contribution in [1.29, 1.82) is 0 Å². The van der Waals surface area contributed by atoms with Crippen molar-refractivity contribution in [2.75, 3.05) is 20.8 Å². The van der Waals surface area contributed by atoms with Crippen molar-refractivity contribution < 1.29 is 24.1 Å². The molecule has 25 heavy (non-hydrogen) atoms. The summed E-state index contributed by atoms with van der Waals surface area (Å²) >= 11 is 0. The van der Waals surface area contributed by atoms with Crippen LogP contribution < -0.4 is 24.3 Å². The number of aliphatic hydroxyl groups is 1. The van der Waals surface area contributed by atoms with Gasteiger partial charge in [-0.3, -0.25) is 5.32 Å². The molecule has 0 aliphatic rings. The molecule has 2 rings (SSSR count). The maximum atomic E-state index is 10.0. The van der Waals surface area contributed by atoms with E-state index in [1.807, 2.05) is 43.3 Å². The quantitative estimate of drug-likeness (QED) is 0.644. The summed E-state index contributed by atoms with van der Waals surface area (Å²) in [5.74, 6) is 2.43. The van der Waals surface area contributed by atoms with Gasteiger partial charge in [-0.15, -0.1) is 0 Å². The molecule has 0 heterocycles. The summed E-state index contributed by atoms with van der Waals surface area (Å²) in [6, 6.07) is 14.7. The fourth-order valence-corrected chi connectivity index (χ4v) is 2.28. The Balaban J connectivity index is 1.76. The predicted molar refractivity (Wildman–Crippen MR) is 95.3 cm³/mol. The molecule has 0 saturated carbocycles. The number of aliphatic hydroxyl groups excluding tert-OH is 1. The van der Waals surface area contributed by atoms with Gasteiger partial charge in [-0.1, -0.05) is 24.3 Å². The SMILES string of the molecule is COc1ccccc1OC(O)CCNC(C)Oc1ccccc1OC. The van der Waals surface area contributed by atoms with Gasteiger partial charge in [0, 0.05) is 13.0 Å². The van der Waals surface area contributed by atoms with E-state index >= 15 is 0 Å². The molecule has 0 radical (unpaired) electrons. The summed E-state index contributed by atoms with van der Waals surface area (Å²) in [4.78, 5) is 0. The Hall–Kier alpha value is -2.44. The second kappa shape index (κ2) is 9.76. The minimum Gasteiger partial charge on any atom is -0.493 e. The molecule has 0 saturated heterocycles. The number of hydrogen-bond acceptors (Lipinski definition) is 6. The molecule has 0 fully saturated rings. The Morgan fingerprint density at radius 3 is 1.84 bits per heavy atom. The first-order valence-corrected chi connectivity index (χ1v) is 8.15. The monoisotopic (exact) mass is 347 g/mol. The van der Waals surface area contributed by atoms with Crippen molar-refractivity contribution in [1.82, 2.24) is 5.32 Å². The highest BCUT2D eigenvalue weighted by Crippen LogP contribution is 2.27. The maximum absolute atomic E-state index is 10.0. The molecular weight excluding hydrogens is 322 g/mol. The molecule has 2 N–H and O–H groups in total. The van der Waals surface area contributed by atoms with E-state index in [2.05, 4.69) is 5.32 Å². The van der Waals surface area contributed by atoms with Gasteiger partial charge < -0.3 is 24.1 Å². The molecule has 6 nitrogen and oxygen atoms in total. The topological polar surface area (TPSA) is 69.2 Å². The summed E-state index contributed by atoms with van der Waals surface area (Å²) < 4.78 is 21.7. The molecule has 2 aromatic carbocycles. The molecule has 2 atom stereocenters. The van der Waals surface area contributed by atoms with Crippen LogP contribution in [0.2, 0.25) is 0 Å². The number of methoxy groups -OCH3 is 2. The van der Waals surface area contributed by atoms with E-state index in [1.165, 1.54) is 0 Å². The van der Waals surface area contributed by atoms with E-state index in [1.54, 1.807) is 26.4 Å². The van der Waals surface area contributed by atoms with Crippen LogP contribution in [0.25, 0.3) is 0 Å². The van der Waals surface area contributed by atoms with Crippen molar-refractivity contribution in [3.63, 3.8) is 0 Å². The predicted octanol–water partition coefficient (Wildman–Crippen LogP) is 2.81. The molecule has 0 aliphatic carbocycles. The summed E-state index contributed by atoms with van der Waals surface area (Å²) in [7, 11) is 3.17. The second-order valence-corrected chi connectivity index (χ2v) is 5.38. The van der Waals surface area contributed by atoms with Crippen molar-refractivity contribution in [2.45, 2.75) is 25.9 Å². The van der Waals surface area contributed by atoms with E-state index in [0.717, 1.165) is 0 Å². The Kier molecular flexibility index (Phi) is 7.37. The lowest BCUT2D eigenvalue weighted by atomic mass is 10.3. The number of nitrogens with one attached hydrogen (secondary N) is 1. The average Bonchev–Trinajstić information content (AvgIpc) is 2.62. The van der Waals surface area contributed by atoms with Crippen LogP contribution in [0, 0.1) is 0 Å². The van der Waals surface area contributed by atoms with Crippen LogP contribution in [-0.4, -0.2) is 38.4 Å². The van der Waals surface area contributed by atoms with Crippen molar-refractivity contribution in [3.8, 4) is 23.0 Å². The Morgan fingerprint density at radius 2 is 1.32 bits per heavy atom. The van der Waals surface area contributed by atoms with E-state index < -0.39 is 6.29 Å². The molecule has 0 aliphatic heterocycles. The van der Waals surface area contributed by atoms with Gasteiger partial charge in [-0.05, 0) is 31.2 Å². The van der Waals surface area contributed by atoms with Crippen molar-refractivity contribution in [3.05, 3.63) is 48.5 Å². The minimum atomic E-state index is -0.942. The van der Waals surface area contributed by atoms with Crippen LogP contribution in [0.15, 0.2) is 48.5 Å². The number of ether oxygens (including phenoxy) is 4. The molecule has 2 unspecified atom stereocenters. The smallest absolute Gasteiger partial charge is 0.198 e. The van der Waals surface area contributed by atoms with Gasteiger partial charge in [0.1, 0.15) is 6.23 Å². The highest BCUT2D eigenvalue weighted by atomic mass is 16.6. The molecule has 6 heteroatoms. The molecule has 136 valence electrons. The van der Waals surface area contributed by atoms with Crippen LogP contribution in [0.1, 0.15) is 13.3 Å². The second-order valence-electron chi connectivity index (χ2n) is 5.38. The van der Waals surface area contributed by atoms with Gasteiger partial charge in [-0.25, -0.2) is 0 Å². The standard InChI is InChI=1S/C19H25NO5/c1-14(24-17-10-6-4-8-15(17)22-2)20-13-12-19(21)25-18-11-7-5-9-16(18)23-3/h4-11,14,19-21H,12-13H2,1-3H3. The summed E-state index contributed by atoms with van der Waals surface area (Å²) in [6.45, 7) is 2.41. The van der Waals surface area contributed by atoms with Crippen LogP contribution in [-0.2, 0) is 0 Å². The number of hydrogen-bond donors (Lipinski definition) is 2. The Morgan fingerprint density at radius 1 is 0.840 bits per heavy atom. The van der Waals surface area contributed by atoms with Crippen molar-refractivity contribution in [2.24, 2.45) is 0 Å². The molecule has 2 aromatic rings. The zero-order valence-corrected chi connectivity index (χ0v) is 14.8. The highest BCUT2D eigenvalue weighted by molar-refractivity contribution is 5.40. The van der Waals surface area contributed by atoms with E-state index in [9.17, 15) is 5.11 Å². The third-order valence-corrected chi connectivity index (χ3v) is 3.53. The fraction of sp³-hybridized carbons (Fsp3) is 0.368. The first kappa shape index (κ1) is 18.9.